The number of hydrogen-bond donors (Lipinski definition) is 2. The van der Waals surface area contributed by atoms with Gasteiger partial charge in [0.15, 0.2) is 0 Å². The van der Waals surface area contributed by atoms with Crippen LogP contribution in [0.1, 0.15) is 17.0 Å². The van der Waals surface area contributed by atoms with Crippen molar-refractivity contribution < 1.29 is 17.7 Å². The second-order valence-corrected chi connectivity index (χ2v) is 5.98. The highest BCUT2D eigenvalue weighted by Gasteiger charge is 2.36. The number of H-pyrrole nitrogens is 1. The zero-order valence-corrected chi connectivity index (χ0v) is 14.2. The molecule has 4 aromatic rings. The van der Waals surface area contributed by atoms with Crippen LogP contribution in [0.2, 0.25) is 0 Å². The molecule has 0 amide bonds. The molecule has 0 aliphatic carbocycles. The number of halogens is 3. The van der Waals surface area contributed by atoms with E-state index in [2.05, 4.69) is 25.1 Å². The number of nitrogen functional groups attached to an aromatic ring is 1. The van der Waals surface area contributed by atoms with Gasteiger partial charge in [-0.05, 0) is 26.0 Å². The van der Waals surface area contributed by atoms with Crippen molar-refractivity contribution in [2.45, 2.75) is 20.0 Å². The normalized spacial score (nSPS) is 12.0. The molecule has 0 atom stereocenters. The molecule has 0 saturated heterocycles. The molecule has 0 aliphatic rings. The first-order valence-corrected chi connectivity index (χ1v) is 7.87. The number of aryl methyl sites for hydroxylation is 2. The summed E-state index contributed by atoms with van der Waals surface area (Å²) in [6, 6.07) is 3.37. The van der Waals surface area contributed by atoms with Gasteiger partial charge in [0.05, 0.1) is 22.6 Å². The molecule has 0 fully saturated rings. The lowest BCUT2D eigenvalue weighted by Crippen LogP contribution is -2.10. The van der Waals surface area contributed by atoms with E-state index in [0.717, 1.165) is 5.56 Å². The van der Waals surface area contributed by atoms with Crippen LogP contribution in [0.25, 0.3) is 33.5 Å². The van der Waals surface area contributed by atoms with Gasteiger partial charge in [-0.25, -0.2) is 15.0 Å². The molecule has 0 unspecified atom stereocenters. The number of alkyl halides is 3. The average Bonchev–Trinajstić information content (AvgIpc) is 3.16. The Bertz CT molecular complexity index is 1140. The number of nitrogens with two attached hydrogens (primary N) is 1. The molecule has 0 aliphatic heterocycles. The molecule has 3 N–H and O–H groups in total. The molecule has 10 heteroatoms. The predicted molar refractivity (Wildman–Crippen MR) is 91.5 cm³/mol. The molecule has 27 heavy (non-hydrogen) atoms. The van der Waals surface area contributed by atoms with Gasteiger partial charge in [0.1, 0.15) is 17.0 Å². The van der Waals surface area contributed by atoms with E-state index in [1.807, 2.05) is 0 Å². The molecule has 4 aromatic heterocycles. The quantitative estimate of drug-likeness (QED) is 0.551. The number of rotatable bonds is 2. The zero-order chi connectivity index (χ0) is 19.3. The molecule has 0 radical (unpaired) electrons. The van der Waals surface area contributed by atoms with Gasteiger partial charge in [0, 0.05) is 23.3 Å². The maximum atomic E-state index is 13.3. The van der Waals surface area contributed by atoms with Gasteiger partial charge in [-0.3, -0.25) is 0 Å². The maximum Gasteiger partial charge on any atom is 0.419 e. The van der Waals surface area contributed by atoms with Crippen LogP contribution in [0.5, 0.6) is 0 Å². The molecule has 4 rings (SSSR count). The van der Waals surface area contributed by atoms with E-state index < -0.39 is 11.7 Å². The Hall–Kier alpha value is -3.43. The number of nitrogens with zero attached hydrogens (tertiary/aromatic N) is 4. The van der Waals surface area contributed by atoms with Crippen LogP contribution in [0, 0.1) is 13.8 Å². The van der Waals surface area contributed by atoms with E-state index in [1.54, 1.807) is 26.0 Å². The highest BCUT2D eigenvalue weighted by Crippen LogP contribution is 2.38. The van der Waals surface area contributed by atoms with Gasteiger partial charge in [-0.2, -0.15) is 13.2 Å². The first-order valence-electron chi connectivity index (χ1n) is 7.87. The number of fused-ring (bicyclic) bond motifs is 1. The fraction of sp³-hybridized carbons (Fsp3) is 0.176. The van der Waals surface area contributed by atoms with Gasteiger partial charge in [0.25, 0.3) is 0 Å². The molecular weight excluding hydrogens is 361 g/mol. The molecule has 0 saturated carbocycles. The van der Waals surface area contributed by atoms with Crippen LogP contribution in [0.4, 0.5) is 19.1 Å². The summed E-state index contributed by atoms with van der Waals surface area (Å²) < 4.78 is 45.2. The molecule has 138 valence electrons. The number of nitrogens with one attached hydrogen (secondary N) is 1. The summed E-state index contributed by atoms with van der Waals surface area (Å²) in [6.07, 6.45) is -2.51. The highest BCUT2D eigenvalue weighted by molar-refractivity contribution is 5.94. The number of hydrogen-bond acceptors (Lipinski definition) is 6. The Kier molecular flexibility index (Phi) is 3.65. The minimum absolute atomic E-state index is 0.240. The molecule has 4 heterocycles. The van der Waals surface area contributed by atoms with E-state index in [4.69, 9.17) is 10.3 Å². The first-order chi connectivity index (χ1) is 12.8. The lowest BCUT2D eigenvalue weighted by molar-refractivity contribution is -0.137. The van der Waals surface area contributed by atoms with Crippen molar-refractivity contribution in [2.75, 3.05) is 5.73 Å². The summed E-state index contributed by atoms with van der Waals surface area (Å²) in [6.45, 7) is 3.55. The number of aromatic amines is 1. The van der Waals surface area contributed by atoms with E-state index in [-0.39, 0.29) is 17.2 Å². The third-order valence-electron chi connectivity index (χ3n) is 4.20. The molecular formula is C17H13F3N6O. The minimum Gasteiger partial charge on any atom is -0.368 e. The summed E-state index contributed by atoms with van der Waals surface area (Å²) in [7, 11) is 0. The second kappa shape index (κ2) is 5.79. The lowest BCUT2D eigenvalue weighted by atomic mass is 10.1. The third-order valence-corrected chi connectivity index (χ3v) is 4.20. The van der Waals surface area contributed by atoms with Crippen LogP contribution in [-0.4, -0.2) is 25.1 Å². The Morgan fingerprint density at radius 2 is 1.93 bits per heavy atom. The summed E-state index contributed by atoms with van der Waals surface area (Å²) >= 11 is 0. The zero-order valence-electron chi connectivity index (χ0n) is 14.2. The Morgan fingerprint density at radius 1 is 1.15 bits per heavy atom. The van der Waals surface area contributed by atoms with Crippen molar-refractivity contribution in [1.82, 2.24) is 25.1 Å². The maximum absolute atomic E-state index is 13.3. The van der Waals surface area contributed by atoms with Crippen LogP contribution < -0.4 is 5.73 Å². The van der Waals surface area contributed by atoms with Crippen LogP contribution >= 0.6 is 0 Å². The second-order valence-electron chi connectivity index (χ2n) is 5.98. The first kappa shape index (κ1) is 17.0. The lowest BCUT2D eigenvalue weighted by Gasteiger charge is -2.11. The summed E-state index contributed by atoms with van der Waals surface area (Å²) in [5, 5.41) is 4.37. The average molecular weight is 374 g/mol. The van der Waals surface area contributed by atoms with Gasteiger partial charge in [-0.1, -0.05) is 5.16 Å². The van der Waals surface area contributed by atoms with Gasteiger partial charge in [0.2, 0.25) is 5.95 Å². The van der Waals surface area contributed by atoms with Crippen molar-refractivity contribution in [3.63, 3.8) is 0 Å². The Labute approximate surface area is 150 Å². The van der Waals surface area contributed by atoms with Crippen molar-refractivity contribution in [3.8, 4) is 22.5 Å². The topological polar surface area (TPSA) is 107 Å². The largest absolute Gasteiger partial charge is 0.419 e. The van der Waals surface area contributed by atoms with Gasteiger partial charge in [-0.15, -0.1) is 0 Å². The van der Waals surface area contributed by atoms with Crippen LogP contribution in [-0.2, 0) is 6.18 Å². The fourth-order valence-electron chi connectivity index (χ4n) is 3.00. The molecule has 7 nitrogen and oxygen atoms in total. The van der Waals surface area contributed by atoms with Crippen molar-refractivity contribution in [1.29, 1.82) is 0 Å². The fourth-order valence-corrected chi connectivity index (χ4v) is 3.00. The molecule has 0 aromatic carbocycles. The highest BCUT2D eigenvalue weighted by atomic mass is 19.4. The van der Waals surface area contributed by atoms with Crippen molar-refractivity contribution in [2.24, 2.45) is 0 Å². The number of anilines is 1. The summed E-state index contributed by atoms with van der Waals surface area (Å²) in [5.74, 6) is 0.363. The monoisotopic (exact) mass is 374 g/mol. The minimum atomic E-state index is -4.61. The number of aromatic nitrogens is 5. The van der Waals surface area contributed by atoms with Crippen molar-refractivity contribution >= 4 is 17.0 Å². The van der Waals surface area contributed by atoms with E-state index >= 15 is 0 Å². The van der Waals surface area contributed by atoms with E-state index in [0.29, 0.717) is 34.4 Å². The van der Waals surface area contributed by atoms with Gasteiger partial charge >= 0.3 is 6.18 Å². The predicted octanol–water partition coefficient (Wildman–Crippen LogP) is 3.89. The van der Waals surface area contributed by atoms with Crippen LogP contribution in [0.3, 0.4) is 0 Å². The Balaban J connectivity index is 1.90. The third kappa shape index (κ3) is 2.78. The summed E-state index contributed by atoms with van der Waals surface area (Å²) in [5.41, 5.74) is 6.92. The molecule has 0 bridgehead atoms. The smallest absolute Gasteiger partial charge is 0.368 e. The van der Waals surface area contributed by atoms with E-state index in [9.17, 15) is 13.2 Å². The summed E-state index contributed by atoms with van der Waals surface area (Å²) in [4.78, 5) is 14.7. The van der Waals surface area contributed by atoms with E-state index in [1.165, 1.54) is 6.20 Å². The standard InChI is InChI=1S/C17H13F3N6O/c1-7-13(8(2)27-26-7)12-4-3-9-10(5-22-15(9)24-12)14-11(17(18,19)20)6-23-16(21)25-14/h3-6H,1-2H3,(H,22,24)(H2,21,23,25). The SMILES string of the molecule is Cc1noc(C)c1-c1ccc2c(-c3nc(N)ncc3C(F)(F)F)c[nH]c2n1. The Morgan fingerprint density at radius 3 is 2.59 bits per heavy atom. The van der Waals surface area contributed by atoms with Gasteiger partial charge < -0.3 is 15.2 Å². The van der Waals surface area contributed by atoms with Crippen molar-refractivity contribution in [3.05, 3.63) is 41.5 Å². The number of pyridine rings is 1. The van der Waals surface area contributed by atoms with Crippen LogP contribution in [0.15, 0.2) is 29.0 Å². The molecule has 0 spiro atoms.